The molecule has 2 N–H and O–H groups in total. The minimum atomic E-state index is -4.00. The molecular weight excluding hydrogens is 364 g/mol. The summed E-state index contributed by atoms with van der Waals surface area (Å²) in [5, 5.41) is 5.36. The minimum absolute atomic E-state index is 0.139. The van der Waals surface area contributed by atoms with Crippen LogP contribution in [0.1, 0.15) is 5.56 Å². The third-order valence-corrected chi connectivity index (χ3v) is 5.13. The molecule has 6 nitrogen and oxygen atoms in total. The van der Waals surface area contributed by atoms with Gasteiger partial charge in [-0.1, -0.05) is 29.8 Å². The molecule has 0 amide bonds. The Morgan fingerprint density at radius 2 is 1.56 bits per heavy atom. The number of aryl methyl sites for hydroxylation is 1. The van der Waals surface area contributed by atoms with E-state index in [1.165, 1.54) is 20.3 Å². The van der Waals surface area contributed by atoms with Crippen molar-refractivity contribution in [1.29, 1.82) is 0 Å². The van der Waals surface area contributed by atoms with Gasteiger partial charge in [-0.25, -0.2) is 13.6 Å². The van der Waals surface area contributed by atoms with Crippen molar-refractivity contribution in [2.24, 2.45) is 5.14 Å². The molecule has 0 aliphatic rings. The first-order valence-electron chi connectivity index (χ1n) is 8.15. The number of rotatable bonds is 5. The molecule has 7 heteroatoms. The van der Waals surface area contributed by atoms with Crippen molar-refractivity contribution in [3.8, 4) is 33.8 Å². The molecule has 1 heterocycles. The van der Waals surface area contributed by atoms with Gasteiger partial charge in [0.25, 0.3) is 0 Å². The van der Waals surface area contributed by atoms with Crippen LogP contribution in [0.4, 0.5) is 0 Å². The highest BCUT2D eigenvalue weighted by atomic mass is 32.2. The molecule has 0 atom stereocenters. The predicted molar refractivity (Wildman–Crippen MR) is 104 cm³/mol. The van der Waals surface area contributed by atoms with Crippen molar-refractivity contribution in [1.82, 2.24) is 4.98 Å². The van der Waals surface area contributed by atoms with Crippen LogP contribution >= 0.6 is 0 Å². The van der Waals surface area contributed by atoms with E-state index in [1.807, 2.05) is 37.3 Å². The summed E-state index contributed by atoms with van der Waals surface area (Å²) >= 11 is 0. The highest BCUT2D eigenvalue weighted by molar-refractivity contribution is 7.89. The fourth-order valence-electron chi connectivity index (χ4n) is 2.82. The maximum Gasteiger partial charge on any atom is 0.241 e. The zero-order valence-corrected chi connectivity index (χ0v) is 16.1. The second kappa shape index (κ2) is 7.38. The average molecular weight is 384 g/mol. The summed E-state index contributed by atoms with van der Waals surface area (Å²) in [7, 11) is -1.14. The number of hydrogen-bond donors (Lipinski definition) is 1. The van der Waals surface area contributed by atoms with Crippen molar-refractivity contribution in [2.75, 3.05) is 14.2 Å². The number of benzene rings is 2. The number of primary sulfonamides is 1. The van der Waals surface area contributed by atoms with E-state index in [1.54, 1.807) is 18.5 Å². The molecular formula is C20H20N2O4S. The van der Waals surface area contributed by atoms with Crippen LogP contribution in [0.5, 0.6) is 11.5 Å². The topological polar surface area (TPSA) is 91.5 Å². The normalized spacial score (nSPS) is 11.3. The second-order valence-electron chi connectivity index (χ2n) is 6.08. The van der Waals surface area contributed by atoms with Gasteiger partial charge < -0.3 is 9.47 Å². The lowest BCUT2D eigenvalue weighted by molar-refractivity contribution is 0.394. The Bertz CT molecular complexity index is 1080. The molecule has 27 heavy (non-hydrogen) atoms. The standard InChI is InChI=1S/C20H20N2O4S/c1-13-4-6-14(7-5-13)15-8-16(12-22-11-15)18-9-17(25-2)10-19(20(18)26-3)27(21,23)24/h4-12H,1-3H3,(H2,21,23,24). The van der Waals surface area contributed by atoms with Crippen molar-refractivity contribution >= 4 is 10.0 Å². The predicted octanol–water partition coefficient (Wildman–Crippen LogP) is 3.39. The van der Waals surface area contributed by atoms with E-state index in [0.717, 1.165) is 16.7 Å². The van der Waals surface area contributed by atoms with Crippen LogP contribution in [0.3, 0.4) is 0 Å². The third kappa shape index (κ3) is 3.94. The van der Waals surface area contributed by atoms with Crippen molar-refractivity contribution < 1.29 is 17.9 Å². The van der Waals surface area contributed by atoms with E-state index in [2.05, 4.69) is 4.98 Å². The van der Waals surface area contributed by atoms with Gasteiger partial charge in [0.05, 0.1) is 14.2 Å². The zero-order valence-electron chi connectivity index (χ0n) is 15.3. The third-order valence-electron chi connectivity index (χ3n) is 4.21. The molecule has 0 aliphatic heterocycles. The molecule has 0 spiro atoms. The molecule has 3 rings (SSSR count). The van der Waals surface area contributed by atoms with Gasteiger partial charge in [0.2, 0.25) is 10.0 Å². The van der Waals surface area contributed by atoms with Gasteiger partial charge in [0.1, 0.15) is 16.4 Å². The number of hydrogen-bond acceptors (Lipinski definition) is 5. The summed E-state index contributed by atoms with van der Waals surface area (Å²) in [6, 6.07) is 13.0. The number of nitrogens with two attached hydrogens (primary N) is 1. The first-order chi connectivity index (χ1) is 12.8. The fraction of sp³-hybridized carbons (Fsp3) is 0.150. The summed E-state index contributed by atoms with van der Waals surface area (Å²) in [5.74, 6) is 0.511. The Hall–Kier alpha value is -2.90. The number of nitrogens with zero attached hydrogens (tertiary/aromatic N) is 1. The van der Waals surface area contributed by atoms with Crippen molar-refractivity contribution in [3.05, 3.63) is 60.4 Å². The van der Waals surface area contributed by atoms with Gasteiger partial charge in [-0.05, 0) is 24.6 Å². The molecule has 0 radical (unpaired) electrons. The van der Waals surface area contributed by atoms with Crippen LogP contribution < -0.4 is 14.6 Å². The van der Waals surface area contributed by atoms with Crippen LogP contribution in [0.25, 0.3) is 22.3 Å². The lowest BCUT2D eigenvalue weighted by Gasteiger charge is -2.15. The molecule has 3 aromatic rings. The zero-order chi connectivity index (χ0) is 19.6. The Kier molecular flexibility index (Phi) is 5.16. The van der Waals surface area contributed by atoms with Crippen LogP contribution in [0, 0.1) is 6.92 Å². The van der Waals surface area contributed by atoms with Gasteiger partial charge in [0.15, 0.2) is 0 Å². The Morgan fingerprint density at radius 1 is 0.889 bits per heavy atom. The Labute approximate surface area is 158 Å². The van der Waals surface area contributed by atoms with Gasteiger partial charge in [-0.3, -0.25) is 4.98 Å². The summed E-state index contributed by atoms with van der Waals surface area (Å²) in [6.07, 6.45) is 3.39. The summed E-state index contributed by atoms with van der Waals surface area (Å²) in [4.78, 5) is 4.17. The quantitative estimate of drug-likeness (QED) is 0.728. The van der Waals surface area contributed by atoms with E-state index in [0.29, 0.717) is 16.9 Å². The molecule has 0 fully saturated rings. The summed E-state index contributed by atoms with van der Waals surface area (Å²) < 4.78 is 34.6. The lowest BCUT2D eigenvalue weighted by Crippen LogP contribution is -2.14. The van der Waals surface area contributed by atoms with Gasteiger partial charge in [0, 0.05) is 35.2 Å². The number of sulfonamides is 1. The van der Waals surface area contributed by atoms with E-state index in [-0.39, 0.29) is 10.6 Å². The maximum absolute atomic E-state index is 12.0. The number of aromatic nitrogens is 1. The van der Waals surface area contributed by atoms with Gasteiger partial charge in [-0.15, -0.1) is 0 Å². The van der Waals surface area contributed by atoms with E-state index < -0.39 is 10.0 Å². The average Bonchev–Trinajstić information content (AvgIpc) is 2.66. The molecule has 0 bridgehead atoms. The van der Waals surface area contributed by atoms with Crippen LogP contribution in [0.2, 0.25) is 0 Å². The van der Waals surface area contributed by atoms with Gasteiger partial charge in [-0.2, -0.15) is 0 Å². The number of ether oxygens (including phenoxy) is 2. The molecule has 1 aromatic heterocycles. The van der Waals surface area contributed by atoms with Crippen LogP contribution in [0.15, 0.2) is 59.8 Å². The van der Waals surface area contributed by atoms with E-state index >= 15 is 0 Å². The van der Waals surface area contributed by atoms with Crippen molar-refractivity contribution in [3.63, 3.8) is 0 Å². The van der Waals surface area contributed by atoms with Gasteiger partial charge >= 0.3 is 0 Å². The second-order valence-corrected chi connectivity index (χ2v) is 7.61. The first-order valence-corrected chi connectivity index (χ1v) is 9.69. The van der Waals surface area contributed by atoms with Crippen LogP contribution in [-0.2, 0) is 10.0 Å². The minimum Gasteiger partial charge on any atom is -0.497 e. The summed E-state index contributed by atoms with van der Waals surface area (Å²) in [5.41, 5.74) is 4.28. The molecule has 0 saturated heterocycles. The van der Waals surface area contributed by atoms with E-state index in [9.17, 15) is 8.42 Å². The fourth-order valence-corrected chi connectivity index (χ4v) is 3.55. The summed E-state index contributed by atoms with van der Waals surface area (Å²) in [6.45, 7) is 2.02. The SMILES string of the molecule is COc1cc(-c2cncc(-c3ccc(C)cc3)c2)c(OC)c(S(N)(=O)=O)c1. The molecule has 0 aliphatic carbocycles. The molecule has 0 saturated carbocycles. The maximum atomic E-state index is 12.0. The van der Waals surface area contributed by atoms with Crippen LogP contribution in [-0.4, -0.2) is 27.6 Å². The number of pyridine rings is 1. The lowest BCUT2D eigenvalue weighted by atomic mass is 10.0. The Balaban J connectivity index is 2.22. The largest absolute Gasteiger partial charge is 0.497 e. The highest BCUT2D eigenvalue weighted by Gasteiger charge is 2.22. The molecule has 140 valence electrons. The monoisotopic (exact) mass is 384 g/mol. The highest BCUT2D eigenvalue weighted by Crippen LogP contribution is 2.39. The molecule has 0 unspecified atom stereocenters. The first kappa shape index (κ1) is 18.9. The van der Waals surface area contributed by atoms with Crippen molar-refractivity contribution in [2.45, 2.75) is 11.8 Å². The number of methoxy groups -OCH3 is 2. The molecule has 2 aromatic carbocycles. The van der Waals surface area contributed by atoms with E-state index in [4.69, 9.17) is 14.6 Å². The smallest absolute Gasteiger partial charge is 0.241 e. The Morgan fingerprint density at radius 3 is 2.15 bits per heavy atom.